The van der Waals surface area contributed by atoms with Gasteiger partial charge in [-0.25, -0.2) is 0 Å². The zero-order valence-electron chi connectivity index (χ0n) is 9.57. The van der Waals surface area contributed by atoms with Crippen LogP contribution >= 0.6 is 12.2 Å². The predicted molar refractivity (Wildman–Crippen MR) is 73.4 cm³/mol. The predicted octanol–water partition coefficient (Wildman–Crippen LogP) is 2.79. The number of nitrogens with one attached hydrogen (secondary N) is 2. The molecule has 1 aromatic carbocycles. The molecule has 1 aromatic rings. The normalized spacial score (nSPS) is 11.6. The van der Waals surface area contributed by atoms with E-state index in [1.54, 1.807) is 6.08 Å². The Balaban J connectivity index is 2.55. The molecule has 0 aliphatic rings. The number of rotatable bonds is 5. The van der Waals surface area contributed by atoms with Crippen molar-refractivity contribution in [2.75, 3.05) is 6.54 Å². The summed E-state index contributed by atoms with van der Waals surface area (Å²) in [5.41, 5.74) is 1.26. The van der Waals surface area contributed by atoms with Gasteiger partial charge >= 0.3 is 0 Å². The molecule has 16 heavy (non-hydrogen) atoms. The lowest BCUT2D eigenvalue weighted by Gasteiger charge is -2.19. The van der Waals surface area contributed by atoms with Crippen LogP contribution < -0.4 is 10.6 Å². The molecular formula is C13H18N2S. The molecule has 0 spiro atoms. The highest BCUT2D eigenvalue weighted by atomic mass is 32.1. The van der Waals surface area contributed by atoms with Crippen LogP contribution in [0.25, 0.3) is 0 Å². The Labute approximate surface area is 103 Å². The van der Waals surface area contributed by atoms with Crippen LogP contribution in [0, 0.1) is 0 Å². The van der Waals surface area contributed by atoms with Gasteiger partial charge in [0, 0.05) is 6.54 Å². The molecule has 0 heterocycles. The van der Waals surface area contributed by atoms with Gasteiger partial charge in [-0.15, -0.1) is 6.58 Å². The Hall–Kier alpha value is -1.35. The first-order valence-electron chi connectivity index (χ1n) is 5.48. The smallest absolute Gasteiger partial charge is 0.167 e. The summed E-state index contributed by atoms with van der Waals surface area (Å²) in [6.07, 6.45) is 2.79. The minimum Gasteiger partial charge on any atom is -0.359 e. The maximum absolute atomic E-state index is 5.19. The third-order valence-corrected chi connectivity index (χ3v) is 2.58. The first-order valence-corrected chi connectivity index (χ1v) is 5.89. The maximum atomic E-state index is 5.19. The highest BCUT2D eigenvalue weighted by Gasteiger charge is 2.08. The molecule has 0 aliphatic heterocycles. The van der Waals surface area contributed by atoms with E-state index < -0.39 is 0 Å². The summed E-state index contributed by atoms with van der Waals surface area (Å²) in [6, 6.07) is 10.6. The monoisotopic (exact) mass is 234 g/mol. The van der Waals surface area contributed by atoms with Crippen LogP contribution in [0.2, 0.25) is 0 Å². The number of hydrogen-bond acceptors (Lipinski definition) is 1. The molecule has 0 aromatic heterocycles. The minimum atomic E-state index is 0.269. The molecule has 0 amide bonds. The molecule has 1 unspecified atom stereocenters. The van der Waals surface area contributed by atoms with Gasteiger partial charge in [0.1, 0.15) is 0 Å². The summed E-state index contributed by atoms with van der Waals surface area (Å²) in [5, 5.41) is 7.04. The Morgan fingerprint density at radius 1 is 1.44 bits per heavy atom. The van der Waals surface area contributed by atoms with Gasteiger partial charge in [-0.05, 0) is 24.2 Å². The van der Waals surface area contributed by atoms with E-state index in [2.05, 4.69) is 36.3 Å². The summed E-state index contributed by atoms with van der Waals surface area (Å²) in [4.78, 5) is 0. The molecule has 1 atom stereocenters. The van der Waals surface area contributed by atoms with E-state index in [1.165, 1.54) is 5.56 Å². The van der Waals surface area contributed by atoms with Crippen LogP contribution in [0.15, 0.2) is 43.0 Å². The van der Waals surface area contributed by atoms with Crippen molar-refractivity contribution in [1.82, 2.24) is 10.6 Å². The van der Waals surface area contributed by atoms with Crippen LogP contribution in [0.4, 0.5) is 0 Å². The van der Waals surface area contributed by atoms with Gasteiger partial charge < -0.3 is 10.6 Å². The van der Waals surface area contributed by atoms with Crippen molar-refractivity contribution in [1.29, 1.82) is 0 Å². The molecule has 2 N–H and O–H groups in total. The summed E-state index contributed by atoms with van der Waals surface area (Å²) in [7, 11) is 0. The minimum absolute atomic E-state index is 0.269. The van der Waals surface area contributed by atoms with E-state index in [0.717, 1.165) is 6.42 Å². The fourth-order valence-corrected chi connectivity index (χ4v) is 1.71. The first kappa shape index (κ1) is 12.7. The lowest BCUT2D eigenvalue weighted by atomic mass is 10.1. The van der Waals surface area contributed by atoms with E-state index in [9.17, 15) is 0 Å². The van der Waals surface area contributed by atoms with Gasteiger partial charge in [-0.2, -0.15) is 0 Å². The summed E-state index contributed by atoms with van der Waals surface area (Å²) < 4.78 is 0. The third-order valence-electron chi connectivity index (χ3n) is 2.32. The maximum Gasteiger partial charge on any atom is 0.167 e. The Morgan fingerprint density at radius 2 is 2.12 bits per heavy atom. The number of hydrogen-bond donors (Lipinski definition) is 2. The van der Waals surface area contributed by atoms with Crippen molar-refractivity contribution in [3.05, 3.63) is 48.6 Å². The lowest BCUT2D eigenvalue weighted by Crippen LogP contribution is -2.37. The highest BCUT2D eigenvalue weighted by molar-refractivity contribution is 7.80. The molecule has 1 rings (SSSR count). The molecule has 86 valence electrons. The molecule has 0 saturated carbocycles. The van der Waals surface area contributed by atoms with E-state index in [1.807, 2.05) is 18.2 Å². The summed E-state index contributed by atoms with van der Waals surface area (Å²) in [5.74, 6) is 0. The van der Waals surface area contributed by atoms with Crippen LogP contribution in [-0.4, -0.2) is 11.7 Å². The highest BCUT2D eigenvalue weighted by Crippen LogP contribution is 2.15. The quantitative estimate of drug-likeness (QED) is 0.605. The zero-order valence-corrected chi connectivity index (χ0v) is 10.4. The zero-order chi connectivity index (χ0) is 11.8. The first-order chi connectivity index (χ1) is 7.77. The summed E-state index contributed by atoms with van der Waals surface area (Å²) >= 11 is 5.19. The van der Waals surface area contributed by atoms with Gasteiger partial charge in [0.15, 0.2) is 5.11 Å². The molecule has 0 fully saturated rings. The number of thiocarbonyl (C=S) groups is 1. The second kappa shape index (κ2) is 7.01. The van der Waals surface area contributed by atoms with Crippen LogP contribution in [0.3, 0.4) is 0 Å². The van der Waals surface area contributed by atoms with Gasteiger partial charge in [0.25, 0.3) is 0 Å². The van der Waals surface area contributed by atoms with Gasteiger partial charge in [0.2, 0.25) is 0 Å². The Morgan fingerprint density at radius 3 is 2.69 bits per heavy atom. The van der Waals surface area contributed by atoms with Crippen molar-refractivity contribution in [3.63, 3.8) is 0 Å². The second-order valence-corrected chi connectivity index (χ2v) is 3.92. The van der Waals surface area contributed by atoms with E-state index in [4.69, 9.17) is 12.2 Å². The fourth-order valence-electron chi connectivity index (χ4n) is 1.48. The molecule has 3 heteroatoms. The van der Waals surface area contributed by atoms with Crippen LogP contribution in [0.1, 0.15) is 24.9 Å². The van der Waals surface area contributed by atoms with Crippen molar-refractivity contribution in [2.24, 2.45) is 0 Å². The van der Waals surface area contributed by atoms with Crippen LogP contribution in [0.5, 0.6) is 0 Å². The third kappa shape index (κ3) is 4.03. The molecule has 0 saturated heterocycles. The lowest BCUT2D eigenvalue weighted by molar-refractivity contribution is 0.619. The van der Waals surface area contributed by atoms with Crippen molar-refractivity contribution >= 4 is 17.3 Å². The molecule has 0 bridgehead atoms. The average molecular weight is 234 g/mol. The van der Waals surface area contributed by atoms with E-state index >= 15 is 0 Å². The topological polar surface area (TPSA) is 24.1 Å². The summed E-state index contributed by atoms with van der Waals surface area (Å²) in [6.45, 7) is 6.47. The SMILES string of the molecule is C=CCNC(=S)NC(CC)c1ccccc1. The van der Waals surface area contributed by atoms with Gasteiger partial charge in [-0.1, -0.05) is 43.3 Å². The standard InChI is InChI=1S/C13H18N2S/c1-3-10-14-13(16)15-12(4-2)11-8-6-5-7-9-11/h3,5-9,12H,1,4,10H2,2H3,(H2,14,15,16). The largest absolute Gasteiger partial charge is 0.359 e. The molecule has 0 radical (unpaired) electrons. The number of benzene rings is 1. The average Bonchev–Trinajstić information content (AvgIpc) is 2.34. The van der Waals surface area contributed by atoms with Crippen molar-refractivity contribution in [2.45, 2.75) is 19.4 Å². The second-order valence-electron chi connectivity index (χ2n) is 3.51. The molecule has 0 aliphatic carbocycles. The molecule has 2 nitrogen and oxygen atoms in total. The van der Waals surface area contributed by atoms with Crippen LogP contribution in [-0.2, 0) is 0 Å². The Bertz CT molecular complexity index is 335. The van der Waals surface area contributed by atoms with Gasteiger partial charge in [0.05, 0.1) is 6.04 Å². The van der Waals surface area contributed by atoms with Crippen molar-refractivity contribution in [3.8, 4) is 0 Å². The fraction of sp³-hybridized carbons (Fsp3) is 0.308. The van der Waals surface area contributed by atoms with E-state index in [-0.39, 0.29) is 6.04 Å². The van der Waals surface area contributed by atoms with Gasteiger partial charge in [-0.3, -0.25) is 0 Å². The van der Waals surface area contributed by atoms with E-state index in [0.29, 0.717) is 11.7 Å². The van der Waals surface area contributed by atoms with Crippen molar-refractivity contribution < 1.29 is 0 Å². The molecular weight excluding hydrogens is 216 g/mol. The Kier molecular flexibility index (Phi) is 5.57.